The molecule has 0 saturated heterocycles. The lowest BCUT2D eigenvalue weighted by molar-refractivity contribution is 0.403. The molecule has 0 fully saturated rings. The van der Waals surface area contributed by atoms with E-state index in [-0.39, 0.29) is 10.6 Å². The first-order valence-corrected chi connectivity index (χ1v) is 9.37. The minimum absolute atomic E-state index is 0.0371. The lowest BCUT2D eigenvalue weighted by atomic mass is 10.2. The molecule has 0 aliphatic rings. The highest BCUT2D eigenvalue weighted by Crippen LogP contribution is 2.29. The first-order valence-electron chi connectivity index (χ1n) is 7.10. The number of aromatic nitrogens is 4. The summed E-state index contributed by atoms with van der Waals surface area (Å²) >= 11 is 3.28. The Morgan fingerprint density at radius 2 is 2.00 bits per heavy atom. The maximum Gasteiger partial charge on any atom is 0.265 e. The van der Waals surface area contributed by atoms with Gasteiger partial charge in [0.2, 0.25) is 0 Å². The molecule has 130 valence electrons. The van der Waals surface area contributed by atoms with Gasteiger partial charge in [-0.2, -0.15) is 0 Å². The molecular formula is C15H14BrN5O3S. The predicted molar refractivity (Wildman–Crippen MR) is 95.7 cm³/mol. The third-order valence-electron chi connectivity index (χ3n) is 3.41. The maximum atomic E-state index is 12.7. The number of tetrazole rings is 1. The second-order valence-corrected chi connectivity index (χ2v) is 7.67. The number of nitrogens with zero attached hydrogens (tertiary/aromatic N) is 4. The van der Waals surface area contributed by atoms with Gasteiger partial charge in [0.1, 0.15) is 10.6 Å². The second kappa shape index (κ2) is 6.81. The number of aryl methyl sites for hydroxylation is 1. The molecule has 3 aromatic rings. The van der Waals surface area contributed by atoms with Crippen LogP contribution in [0.3, 0.4) is 0 Å². The zero-order valence-corrected chi connectivity index (χ0v) is 15.7. The molecule has 0 saturated carbocycles. The summed E-state index contributed by atoms with van der Waals surface area (Å²) in [7, 11) is -0.710. The van der Waals surface area contributed by atoms with Crippen LogP contribution in [0.1, 0.15) is 0 Å². The van der Waals surface area contributed by atoms with Crippen molar-refractivity contribution < 1.29 is 13.2 Å². The Morgan fingerprint density at radius 3 is 2.68 bits per heavy atom. The van der Waals surface area contributed by atoms with E-state index < -0.39 is 10.0 Å². The first-order chi connectivity index (χ1) is 11.9. The zero-order chi connectivity index (χ0) is 18.0. The van der Waals surface area contributed by atoms with E-state index in [1.807, 2.05) is 0 Å². The molecule has 0 atom stereocenters. The molecule has 0 unspecified atom stereocenters. The summed E-state index contributed by atoms with van der Waals surface area (Å²) in [5.74, 6) is 0.783. The lowest BCUT2D eigenvalue weighted by Gasteiger charge is -2.12. The number of ether oxygens (including phenoxy) is 1. The van der Waals surface area contributed by atoms with Gasteiger partial charge >= 0.3 is 0 Å². The van der Waals surface area contributed by atoms with Crippen molar-refractivity contribution in [1.82, 2.24) is 20.2 Å². The standard InChI is InChI=1S/C15H14BrN5O3S/c1-21-15(17-19-20-21)10-4-3-5-12(8-10)18-25(22,23)14-9-11(16)6-7-13(14)24-2/h3-9,18H,1-2H3. The van der Waals surface area contributed by atoms with Gasteiger partial charge in [-0.3, -0.25) is 4.72 Å². The average Bonchev–Trinajstić information content (AvgIpc) is 3.01. The van der Waals surface area contributed by atoms with E-state index in [1.54, 1.807) is 43.4 Å². The molecule has 2 aromatic carbocycles. The van der Waals surface area contributed by atoms with Gasteiger partial charge in [0, 0.05) is 22.8 Å². The van der Waals surface area contributed by atoms with Crippen molar-refractivity contribution in [3.63, 3.8) is 0 Å². The number of benzene rings is 2. The Hall–Kier alpha value is -2.46. The number of hydrogen-bond acceptors (Lipinski definition) is 6. The van der Waals surface area contributed by atoms with Gasteiger partial charge < -0.3 is 4.74 Å². The third-order valence-corrected chi connectivity index (χ3v) is 5.30. The number of anilines is 1. The van der Waals surface area contributed by atoms with Gasteiger partial charge in [-0.1, -0.05) is 28.1 Å². The van der Waals surface area contributed by atoms with Crippen LogP contribution in [0.2, 0.25) is 0 Å². The molecule has 25 heavy (non-hydrogen) atoms. The van der Waals surface area contributed by atoms with E-state index >= 15 is 0 Å². The van der Waals surface area contributed by atoms with Crippen molar-refractivity contribution in [2.45, 2.75) is 4.90 Å². The van der Waals surface area contributed by atoms with E-state index in [0.29, 0.717) is 21.5 Å². The molecule has 0 amide bonds. The second-order valence-electron chi connectivity index (χ2n) is 5.11. The third kappa shape index (κ3) is 3.64. The van der Waals surface area contributed by atoms with Crippen molar-refractivity contribution in [2.24, 2.45) is 7.05 Å². The van der Waals surface area contributed by atoms with E-state index in [4.69, 9.17) is 4.74 Å². The number of sulfonamides is 1. The number of rotatable bonds is 5. The molecule has 0 aliphatic heterocycles. The molecular weight excluding hydrogens is 410 g/mol. The van der Waals surface area contributed by atoms with Crippen molar-refractivity contribution >= 4 is 31.6 Å². The number of methoxy groups -OCH3 is 1. The van der Waals surface area contributed by atoms with Gasteiger partial charge in [0.05, 0.1) is 7.11 Å². The van der Waals surface area contributed by atoms with Crippen LogP contribution in [0.15, 0.2) is 51.8 Å². The van der Waals surface area contributed by atoms with Gasteiger partial charge in [-0.05, 0) is 40.8 Å². The maximum absolute atomic E-state index is 12.7. The summed E-state index contributed by atoms with van der Waals surface area (Å²) in [5, 5.41) is 11.3. The normalized spacial score (nSPS) is 11.3. The highest BCUT2D eigenvalue weighted by molar-refractivity contribution is 9.10. The number of nitrogens with one attached hydrogen (secondary N) is 1. The zero-order valence-electron chi connectivity index (χ0n) is 13.3. The van der Waals surface area contributed by atoms with Gasteiger partial charge in [-0.25, -0.2) is 13.1 Å². The molecule has 10 heteroatoms. The highest BCUT2D eigenvalue weighted by atomic mass is 79.9. The minimum Gasteiger partial charge on any atom is -0.495 e. The Bertz CT molecular complexity index is 1020. The summed E-state index contributed by atoms with van der Waals surface area (Å²) in [4.78, 5) is 0.0371. The van der Waals surface area contributed by atoms with E-state index in [2.05, 4.69) is 36.2 Å². The Labute approximate surface area is 153 Å². The smallest absolute Gasteiger partial charge is 0.265 e. The summed E-state index contributed by atoms with van der Waals surface area (Å²) in [6.07, 6.45) is 0. The van der Waals surface area contributed by atoms with Crippen molar-refractivity contribution in [2.75, 3.05) is 11.8 Å². The number of hydrogen-bond donors (Lipinski definition) is 1. The molecule has 3 rings (SSSR count). The molecule has 1 heterocycles. The fourth-order valence-electron chi connectivity index (χ4n) is 2.27. The van der Waals surface area contributed by atoms with Crippen molar-refractivity contribution in [3.8, 4) is 17.1 Å². The van der Waals surface area contributed by atoms with Crippen LogP contribution in [0.25, 0.3) is 11.4 Å². The minimum atomic E-state index is -3.84. The Balaban J connectivity index is 1.97. The molecule has 1 N–H and O–H groups in total. The van der Waals surface area contributed by atoms with Crippen LogP contribution >= 0.6 is 15.9 Å². The molecule has 1 aromatic heterocycles. The Morgan fingerprint density at radius 1 is 1.20 bits per heavy atom. The van der Waals surface area contributed by atoms with Crippen LogP contribution in [0.4, 0.5) is 5.69 Å². The van der Waals surface area contributed by atoms with Gasteiger partial charge in [0.15, 0.2) is 5.82 Å². The van der Waals surface area contributed by atoms with Crippen LogP contribution < -0.4 is 9.46 Å². The van der Waals surface area contributed by atoms with Crippen LogP contribution in [-0.2, 0) is 17.1 Å². The fraction of sp³-hybridized carbons (Fsp3) is 0.133. The topological polar surface area (TPSA) is 99.0 Å². The van der Waals surface area contributed by atoms with E-state index in [1.165, 1.54) is 17.9 Å². The van der Waals surface area contributed by atoms with Crippen LogP contribution in [0, 0.1) is 0 Å². The quantitative estimate of drug-likeness (QED) is 0.676. The molecule has 0 bridgehead atoms. The monoisotopic (exact) mass is 423 g/mol. The summed E-state index contributed by atoms with van der Waals surface area (Å²) < 4.78 is 35.3. The highest BCUT2D eigenvalue weighted by Gasteiger charge is 2.20. The van der Waals surface area contributed by atoms with Crippen LogP contribution in [-0.4, -0.2) is 35.7 Å². The van der Waals surface area contributed by atoms with E-state index in [9.17, 15) is 8.42 Å². The van der Waals surface area contributed by atoms with Gasteiger partial charge in [-0.15, -0.1) is 5.10 Å². The largest absolute Gasteiger partial charge is 0.495 e. The lowest BCUT2D eigenvalue weighted by Crippen LogP contribution is -2.14. The molecule has 8 nitrogen and oxygen atoms in total. The molecule has 0 spiro atoms. The summed E-state index contributed by atoms with van der Waals surface area (Å²) in [5.41, 5.74) is 1.08. The fourth-order valence-corrected chi connectivity index (χ4v) is 4.02. The SMILES string of the molecule is COc1ccc(Br)cc1S(=O)(=O)Nc1cccc(-c2nnnn2C)c1. The van der Waals surface area contributed by atoms with Crippen LogP contribution in [0.5, 0.6) is 5.75 Å². The number of halogens is 1. The van der Waals surface area contributed by atoms with Gasteiger partial charge in [0.25, 0.3) is 10.0 Å². The molecule has 0 aliphatic carbocycles. The first kappa shape index (κ1) is 17.4. The van der Waals surface area contributed by atoms with E-state index in [0.717, 1.165) is 0 Å². The molecule has 0 radical (unpaired) electrons. The summed E-state index contributed by atoms with van der Waals surface area (Å²) in [6.45, 7) is 0. The van der Waals surface area contributed by atoms with Crippen molar-refractivity contribution in [1.29, 1.82) is 0 Å². The summed E-state index contributed by atoms with van der Waals surface area (Å²) in [6, 6.07) is 11.6. The predicted octanol–water partition coefficient (Wildman–Crippen LogP) is 2.45. The average molecular weight is 424 g/mol. The Kier molecular flexibility index (Phi) is 4.73. The van der Waals surface area contributed by atoms with Crippen molar-refractivity contribution in [3.05, 3.63) is 46.9 Å².